The molecule has 0 aromatic heterocycles. The third kappa shape index (κ3) is 5.63. The summed E-state index contributed by atoms with van der Waals surface area (Å²) in [5.41, 5.74) is 0.793. The molecule has 0 unspecified atom stereocenters. The van der Waals surface area contributed by atoms with Crippen LogP contribution in [0, 0.1) is 0 Å². The predicted molar refractivity (Wildman–Crippen MR) is 128 cm³/mol. The van der Waals surface area contributed by atoms with Crippen LogP contribution in [0.3, 0.4) is 0 Å². The van der Waals surface area contributed by atoms with Gasteiger partial charge in [-0.1, -0.05) is 28.6 Å². The number of aliphatic hydroxyl groups is 1. The monoisotopic (exact) mass is 522 g/mol. The molecule has 8 nitrogen and oxygen atoms in total. The van der Waals surface area contributed by atoms with Crippen LogP contribution in [-0.4, -0.2) is 71.9 Å². The normalized spacial score (nSPS) is 21.8. The molecule has 2 aliphatic heterocycles. The third-order valence-electron chi connectivity index (χ3n) is 6.03. The molecule has 1 N–H and O–H groups in total. The van der Waals surface area contributed by atoms with Gasteiger partial charge in [0, 0.05) is 24.5 Å². The van der Waals surface area contributed by atoms with Crippen molar-refractivity contribution in [2.45, 2.75) is 56.8 Å². The van der Waals surface area contributed by atoms with Gasteiger partial charge in [-0.05, 0) is 44.6 Å². The number of nitrogens with zero attached hydrogens (tertiary/aromatic N) is 2. The Kier molecular flexibility index (Phi) is 7.80. The Morgan fingerprint density at radius 1 is 1.21 bits per heavy atom. The molecule has 1 aromatic rings. The zero-order valence-corrected chi connectivity index (χ0v) is 20.3. The number of carbonyl (C=O) groups is 2. The topological polar surface area (TPSA) is 88.5 Å². The molecule has 2 amide bonds. The average Bonchev–Trinajstić information content (AvgIpc) is 3.56. The van der Waals surface area contributed by atoms with Crippen LogP contribution in [0.15, 0.2) is 24.8 Å². The second-order valence-corrected chi connectivity index (χ2v) is 9.50. The minimum atomic E-state index is -0.615. The summed E-state index contributed by atoms with van der Waals surface area (Å²) in [6.07, 6.45) is 5.79. The van der Waals surface area contributed by atoms with Gasteiger partial charge in [-0.2, -0.15) is 0 Å². The van der Waals surface area contributed by atoms with Gasteiger partial charge in [0.25, 0.3) is 5.91 Å². The van der Waals surface area contributed by atoms with Crippen molar-refractivity contribution >= 4 is 33.6 Å². The molecule has 0 spiro atoms. The zero-order valence-electron chi connectivity index (χ0n) is 18.7. The molecular weight excluding hydrogens is 492 g/mol. The molecule has 0 radical (unpaired) electrons. The summed E-state index contributed by atoms with van der Waals surface area (Å²) in [7, 11) is 0. The highest BCUT2D eigenvalue weighted by Gasteiger charge is 2.42. The first-order chi connectivity index (χ1) is 16.0. The van der Waals surface area contributed by atoms with Crippen molar-refractivity contribution in [1.29, 1.82) is 0 Å². The van der Waals surface area contributed by atoms with Crippen LogP contribution in [0.25, 0.3) is 0 Å². The molecule has 2 fully saturated rings. The van der Waals surface area contributed by atoms with Gasteiger partial charge in [0.15, 0.2) is 11.5 Å². The number of alkyl halides is 1. The number of anilines is 1. The number of unbranched alkanes of at least 4 members (excludes halogenated alkanes) is 2. The van der Waals surface area contributed by atoms with Crippen molar-refractivity contribution in [2.75, 3.05) is 36.5 Å². The summed E-state index contributed by atoms with van der Waals surface area (Å²) in [4.78, 5) is 29.5. The van der Waals surface area contributed by atoms with Gasteiger partial charge in [0.05, 0.1) is 36.1 Å². The average molecular weight is 523 g/mol. The van der Waals surface area contributed by atoms with E-state index in [9.17, 15) is 14.7 Å². The van der Waals surface area contributed by atoms with Crippen molar-refractivity contribution in [3.8, 4) is 11.5 Å². The number of amides is 2. The van der Waals surface area contributed by atoms with E-state index in [1.165, 1.54) is 11.0 Å². The number of carbonyl (C=O) groups excluding carboxylic acids is 2. The molecule has 1 saturated carbocycles. The predicted octanol–water partition coefficient (Wildman–Crippen LogP) is 3.89. The maximum absolute atomic E-state index is 13.5. The summed E-state index contributed by atoms with van der Waals surface area (Å²) in [6, 6.07) is 3.12. The van der Waals surface area contributed by atoms with Gasteiger partial charge in [0.2, 0.25) is 0 Å². The largest absolute Gasteiger partial charge is 0.490 e. The quantitative estimate of drug-likeness (QED) is 0.285. The highest BCUT2D eigenvalue weighted by Crippen LogP contribution is 2.42. The van der Waals surface area contributed by atoms with Crippen LogP contribution >= 0.6 is 15.9 Å². The lowest BCUT2D eigenvalue weighted by molar-refractivity contribution is 0.0726. The van der Waals surface area contributed by atoms with Crippen LogP contribution < -0.4 is 14.4 Å². The standard InChI is InChI=1S/C24H31BrN2O6/c1-2-9-32-24(30)27-14-16-11-17(28)15-26(16)23(29)19-12-22(33-18-6-7-18)21(13-20(19)27)31-10-5-3-4-8-25/h2,12-13,16-18,28H,1,3-11,14-15H2/t16-,17+/m0/s1. The molecule has 4 rings (SSSR count). The van der Waals surface area contributed by atoms with Gasteiger partial charge >= 0.3 is 6.09 Å². The Balaban J connectivity index is 1.68. The molecule has 1 aromatic carbocycles. The van der Waals surface area contributed by atoms with Crippen LogP contribution in [0.2, 0.25) is 0 Å². The maximum atomic E-state index is 13.5. The van der Waals surface area contributed by atoms with Gasteiger partial charge in [-0.3, -0.25) is 9.69 Å². The Morgan fingerprint density at radius 2 is 2.03 bits per heavy atom. The van der Waals surface area contributed by atoms with E-state index < -0.39 is 12.2 Å². The fourth-order valence-electron chi connectivity index (χ4n) is 4.23. The van der Waals surface area contributed by atoms with E-state index in [1.807, 2.05) is 0 Å². The summed E-state index contributed by atoms with van der Waals surface area (Å²) in [5.74, 6) is 0.814. The minimum Gasteiger partial charge on any atom is -0.490 e. The maximum Gasteiger partial charge on any atom is 0.414 e. The summed E-state index contributed by atoms with van der Waals surface area (Å²) >= 11 is 3.44. The Bertz CT molecular complexity index is 890. The first-order valence-electron chi connectivity index (χ1n) is 11.6. The van der Waals surface area contributed by atoms with Crippen molar-refractivity contribution < 1.29 is 28.9 Å². The van der Waals surface area contributed by atoms with Gasteiger partial charge < -0.3 is 24.2 Å². The Labute approximate surface area is 202 Å². The number of fused-ring (bicyclic) bond motifs is 2. The number of halogens is 1. The zero-order chi connectivity index (χ0) is 23.4. The van der Waals surface area contributed by atoms with Crippen LogP contribution in [0.5, 0.6) is 11.5 Å². The molecule has 33 heavy (non-hydrogen) atoms. The molecular formula is C24H31BrN2O6. The van der Waals surface area contributed by atoms with E-state index in [1.54, 1.807) is 17.0 Å². The van der Waals surface area contributed by atoms with Gasteiger partial charge in [0.1, 0.15) is 6.61 Å². The molecule has 9 heteroatoms. The number of hydrogen-bond acceptors (Lipinski definition) is 6. The van der Waals surface area contributed by atoms with Gasteiger partial charge in [-0.25, -0.2) is 4.79 Å². The second kappa shape index (κ2) is 10.8. The number of aliphatic hydroxyl groups excluding tert-OH is 1. The Hall–Kier alpha value is -2.26. The fraction of sp³-hybridized carbons (Fsp3) is 0.583. The van der Waals surface area contributed by atoms with Crippen LogP contribution in [0.4, 0.5) is 10.5 Å². The first-order valence-corrected chi connectivity index (χ1v) is 12.7. The van der Waals surface area contributed by atoms with E-state index in [4.69, 9.17) is 14.2 Å². The van der Waals surface area contributed by atoms with E-state index in [2.05, 4.69) is 22.5 Å². The van der Waals surface area contributed by atoms with Crippen molar-refractivity contribution in [3.63, 3.8) is 0 Å². The molecule has 0 bridgehead atoms. The van der Waals surface area contributed by atoms with Crippen molar-refractivity contribution in [3.05, 3.63) is 30.4 Å². The van der Waals surface area contributed by atoms with E-state index in [-0.39, 0.29) is 37.7 Å². The molecule has 1 saturated heterocycles. The van der Waals surface area contributed by atoms with Gasteiger partial charge in [-0.15, -0.1) is 0 Å². The molecule has 3 aliphatic rings. The SMILES string of the molecule is C=CCOC(=O)N1C[C@@H]2C[C@@H](O)CN2C(=O)c2cc(OC3CC3)c(OCCCCCBr)cc21. The highest BCUT2D eigenvalue weighted by molar-refractivity contribution is 9.09. The summed E-state index contributed by atoms with van der Waals surface area (Å²) < 4.78 is 17.5. The molecule has 2 atom stereocenters. The van der Waals surface area contributed by atoms with Crippen molar-refractivity contribution in [1.82, 2.24) is 4.90 Å². The van der Waals surface area contributed by atoms with Crippen LogP contribution in [-0.2, 0) is 4.74 Å². The number of hydrogen-bond donors (Lipinski definition) is 1. The van der Waals surface area contributed by atoms with Crippen molar-refractivity contribution in [2.24, 2.45) is 0 Å². The van der Waals surface area contributed by atoms with Crippen LogP contribution in [0.1, 0.15) is 48.9 Å². The smallest absolute Gasteiger partial charge is 0.414 e. The van der Waals surface area contributed by atoms with E-state index in [0.29, 0.717) is 35.8 Å². The number of rotatable bonds is 10. The fourth-order valence-corrected chi connectivity index (χ4v) is 4.62. The molecule has 2 heterocycles. The third-order valence-corrected chi connectivity index (χ3v) is 6.59. The minimum absolute atomic E-state index is 0.0649. The van der Waals surface area contributed by atoms with E-state index in [0.717, 1.165) is 37.4 Å². The highest BCUT2D eigenvalue weighted by atomic mass is 79.9. The Morgan fingerprint density at radius 3 is 2.76 bits per heavy atom. The lowest BCUT2D eigenvalue weighted by Crippen LogP contribution is -2.42. The van der Waals surface area contributed by atoms with E-state index >= 15 is 0 Å². The number of ether oxygens (including phenoxy) is 3. The lowest BCUT2D eigenvalue weighted by atomic mass is 10.1. The molecule has 180 valence electrons. The summed E-state index contributed by atoms with van der Waals surface area (Å²) in [6.45, 7) is 4.66. The second-order valence-electron chi connectivity index (χ2n) is 8.71. The summed E-state index contributed by atoms with van der Waals surface area (Å²) in [5, 5.41) is 11.1. The number of benzene rings is 1. The lowest BCUT2D eigenvalue weighted by Gasteiger charge is -2.25. The molecule has 1 aliphatic carbocycles. The first kappa shape index (κ1) is 23.9.